The zero-order valence-corrected chi connectivity index (χ0v) is 18.6. The summed E-state index contributed by atoms with van der Waals surface area (Å²) in [5.74, 6) is -5.76. The standard InChI is InChI=1S/C16H16N5O9S.2Li/c1-16(15(26)27,21-12(23)7-11(14(21)25)31(28,29)30)4-5-18-13(24)9-3-2-8(19-20-17)6-10(9)22;;/h2-3,11,22H,4-5,7H2,1H3,(H,18,24)(H,26,27)(H,28,29,30);;/q;;+1/p-1. The molecule has 1 aromatic carbocycles. The number of rotatable bonds is 8. The van der Waals surface area contributed by atoms with Gasteiger partial charge >= 0.3 is 196 Å². The number of carbonyl (C=O) groups is 4. The van der Waals surface area contributed by atoms with Crippen LogP contribution in [0.2, 0.25) is 0 Å². The van der Waals surface area contributed by atoms with Crippen LogP contribution in [0.1, 0.15) is 30.1 Å². The Morgan fingerprint density at radius 2 is 2.03 bits per heavy atom. The molecule has 1 aromatic rings. The maximum atomic E-state index is 12.4. The van der Waals surface area contributed by atoms with Gasteiger partial charge in [-0.15, -0.1) is 0 Å². The molecule has 0 aliphatic carbocycles. The topological polar surface area (TPSA) is 230 Å². The Labute approximate surface area is 208 Å². The van der Waals surface area contributed by atoms with Crippen molar-refractivity contribution >= 4 is 61.4 Å². The van der Waals surface area contributed by atoms with Crippen molar-refractivity contribution in [2.45, 2.75) is 30.6 Å². The van der Waals surface area contributed by atoms with E-state index in [1.165, 1.54) is 29.8 Å². The van der Waals surface area contributed by atoms with E-state index in [9.17, 15) is 37.8 Å². The number of phenolic OH excluding ortho intramolecular Hbond substituents is 1. The number of carboxylic acid groups (broad SMARTS) is 1. The normalized spacial score (nSPS) is 17.6. The van der Waals surface area contributed by atoms with E-state index in [2.05, 4.69) is 15.3 Å². The molecule has 1 aliphatic heterocycles. The molecule has 3 N–H and O–H groups in total. The van der Waals surface area contributed by atoms with Crippen LogP contribution < -0.4 is 33.5 Å². The van der Waals surface area contributed by atoms with E-state index in [0.717, 1.165) is 6.92 Å². The summed E-state index contributed by atoms with van der Waals surface area (Å²) in [6, 6.07) is 2.45. The van der Waals surface area contributed by atoms with Crippen LogP contribution in [0.3, 0.4) is 0 Å². The van der Waals surface area contributed by atoms with Gasteiger partial charge in [-0.1, -0.05) is 0 Å². The zero-order chi connectivity index (χ0) is 24.4. The number of likely N-dealkylation sites (tertiary alicyclic amines) is 1. The van der Waals surface area contributed by atoms with Crippen LogP contribution in [0.5, 0.6) is 5.75 Å². The van der Waals surface area contributed by atoms with E-state index in [0.29, 0.717) is 0 Å². The molecule has 1 aliphatic rings. The first-order chi connectivity index (χ1) is 14.8. The molecule has 14 nitrogen and oxygen atoms in total. The fraction of sp³-hybridized carbons (Fsp3) is 0.375. The number of aliphatic carboxylic acids is 1. The van der Waals surface area contributed by atoms with Gasteiger partial charge in [0.2, 0.25) is 0 Å². The fourth-order valence-electron chi connectivity index (χ4n) is 3.20. The Bertz CT molecular complexity index is 1170. The number of amides is 3. The van der Waals surface area contributed by atoms with Gasteiger partial charge in [0.1, 0.15) is 0 Å². The van der Waals surface area contributed by atoms with Gasteiger partial charge < -0.3 is 0 Å². The van der Waals surface area contributed by atoms with Crippen LogP contribution in [0.4, 0.5) is 5.69 Å². The number of hydrogen-bond acceptors (Lipinski definition) is 9. The molecule has 2 rings (SSSR count). The SMILES string of the molecule is [Li+].[Li][c]1c(N=[N+]=[N-])ccc(C(=O)NCCC(C)(C(=O)[O-])N2C(=O)CC(S(=O)(=O)O)C2=O)c1O. The van der Waals surface area contributed by atoms with E-state index in [1.54, 1.807) is 0 Å². The van der Waals surface area contributed by atoms with Crippen LogP contribution in [0.25, 0.3) is 10.4 Å². The third kappa shape index (κ3) is 5.72. The van der Waals surface area contributed by atoms with Crippen molar-refractivity contribution in [2.24, 2.45) is 5.11 Å². The van der Waals surface area contributed by atoms with Crippen molar-refractivity contribution < 1.29 is 61.2 Å². The predicted octanol–water partition coefficient (Wildman–Crippen LogP) is -5.22. The van der Waals surface area contributed by atoms with Gasteiger partial charge in [0.15, 0.2) is 0 Å². The van der Waals surface area contributed by atoms with Gasteiger partial charge in [0.25, 0.3) is 0 Å². The summed E-state index contributed by atoms with van der Waals surface area (Å²) in [4.78, 5) is 51.4. The van der Waals surface area contributed by atoms with Gasteiger partial charge in [-0.25, -0.2) is 0 Å². The summed E-state index contributed by atoms with van der Waals surface area (Å²) in [7, 11) is -4.94. The van der Waals surface area contributed by atoms with Gasteiger partial charge in [-0.3, -0.25) is 4.55 Å². The van der Waals surface area contributed by atoms with E-state index >= 15 is 0 Å². The molecule has 166 valence electrons. The van der Waals surface area contributed by atoms with Gasteiger partial charge in [0.05, 0.1) is 0 Å². The average Bonchev–Trinajstić information content (AvgIpc) is 3.00. The van der Waals surface area contributed by atoms with E-state index in [-0.39, 0.29) is 39.2 Å². The molecule has 33 heavy (non-hydrogen) atoms. The number of nitrogens with zero attached hydrogens (tertiary/aromatic N) is 4. The number of azide groups is 1. The maximum absolute atomic E-state index is 12.4. The summed E-state index contributed by atoms with van der Waals surface area (Å²) in [5, 5.41) is 25.4. The number of aromatic hydroxyl groups is 1. The molecule has 1 heterocycles. The number of nitrogens with one attached hydrogen (secondary N) is 1. The minimum atomic E-state index is -4.94. The summed E-state index contributed by atoms with van der Waals surface area (Å²) >= 11 is 1.40. The van der Waals surface area contributed by atoms with Crippen LogP contribution >= 0.6 is 0 Å². The Kier molecular flexibility index (Phi) is 9.20. The van der Waals surface area contributed by atoms with Crippen LogP contribution in [-0.4, -0.2) is 81.7 Å². The molecule has 0 bridgehead atoms. The molecule has 1 fully saturated rings. The van der Waals surface area contributed by atoms with Gasteiger partial charge in [-0.05, 0) is 0 Å². The predicted molar refractivity (Wildman–Crippen MR) is 104 cm³/mol. The molecular weight excluding hydrogens is 452 g/mol. The molecule has 1 saturated heterocycles. The Hall–Kier alpha value is -2.49. The van der Waals surface area contributed by atoms with Crippen LogP contribution in [0.15, 0.2) is 17.2 Å². The number of carboxylic acids is 1. The summed E-state index contributed by atoms with van der Waals surface area (Å²) in [6.07, 6.45) is -1.50. The molecule has 17 heteroatoms. The van der Waals surface area contributed by atoms with Crippen molar-refractivity contribution in [3.8, 4) is 5.75 Å². The zero-order valence-electron chi connectivity index (χ0n) is 17.8. The second kappa shape index (κ2) is 10.6. The molecule has 3 amide bonds. The molecule has 2 atom stereocenters. The number of imide groups is 1. The van der Waals surface area contributed by atoms with Crippen molar-refractivity contribution in [3.05, 3.63) is 28.1 Å². The molecule has 0 radical (unpaired) electrons. The Morgan fingerprint density at radius 3 is 2.52 bits per heavy atom. The summed E-state index contributed by atoms with van der Waals surface area (Å²) in [6.45, 7) is 0.514. The first kappa shape index (κ1) is 28.5. The summed E-state index contributed by atoms with van der Waals surface area (Å²) in [5.41, 5.74) is 6.03. The molecular formula is C16H15Li2N5O9S. The monoisotopic (exact) mass is 467 g/mol. The van der Waals surface area contributed by atoms with Crippen molar-refractivity contribution in [3.63, 3.8) is 0 Å². The second-order valence-corrected chi connectivity index (χ2v) is 8.74. The van der Waals surface area contributed by atoms with E-state index in [4.69, 9.17) is 10.1 Å². The second-order valence-electron chi connectivity index (χ2n) is 7.14. The van der Waals surface area contributed by atoms with Crippen LogP contribution in [0, 0.1) is 0 Å². The average molecular weight is 467 g/mol. The van der Waals surface area contributed by atoms with E-state index < -0.39 is 69.7 Å². The first-order valence-corrected chi connectivity index (χ1v) is 10.5. The number of benzene rings is 1. The quantitative estimate of drug-likeness (QED) is 0.0827. The third-order valence-electron chi connectivity index (χ3n) is 5.09. The number of phenols is 1. The summed E-state index contributed by atoms with van der Waals surface area (Å²) < 4.78 is 31.8. The molecule has 0 spiro atoms. The third-order valence-corrected chi connectivity index (χ3v) is 6.18. The van der Waals surface area contributed by atoms with Gasteiger partial charge in [-0.2, -0.15) is 8.42 Å². The molecule has 2 unspecified atom stereocenters. The van der Waals surface area contributed by atoms with Crippen molar-refractivity contribution in [2.75, 3.05) is 6.54 Å². The van der Waals surface area contributed by atoms with E-state index in [1.807, 2.05) is 0 Å². The minimum absolute atomic E-state index is 0. The Morgan fingerprint density at radius 1 is 1.42 bits per heavy atom. The number of hydrogen-bond donors (Lipinski definition) is 3. The van der Waals surface area contributed by atoms with Crippen molar-refractivity contribution in [1.29, 1.82) is 0 Å². The molecule has 0 saturated carbocycles. The molecule has 0 aromatic heterocycles. The fourth-order valence-corrected chi connectivity index (χ4v) is 3.92. The van der Waals surface area contributed by atoms with Crippen molar-refractivity contribution in [1.82, 2.24) is 10.2 Å². The van der Waals surface area contributed by atoms with Gasteiger partial charge in [0, 0.05) is 0 Å². The number of carbonyl (C=O) groups excluding carboxylic acids is 4. The first-order valence-electron chi connectivity index (χ1n) is 8.96. The Balaban J connectivity index is 0.00000544. The van der Waals surface area contributed by atoms with Crippen LogP contribution in [-0.2, 0) is 24.5 Å².